The van der Waals surface area contributed by atoms with Gasteiger partial charge in [0.2, 0.25) is 0 Å². The van der Waals surface area contributed by atoms with Crippen LogP contribution < -0.4 is 5.73 Å². The van der Waals surface area contributed by atoms with Crippen molar-refractivity contribution in [2.24, 2.45) is 0 Å². The molecule has 0 saturated carbocycles. The number of hydrogen-bond acceptors (Lipinski definition) is 15. The third-order valence-electron chi connectivity index (χ3n) is 5.57. The van der Waals surface area contributed by atoms with Crippen molar-refractivity contribution < 1.29 is 63.0 Å². The average molecular weight is 557 g/mol. The highest BCUT2D eigenvalue weighted by molar-refractivity contribution is 7.70. The minimum absolute atomic E-state index is 0.0740. The third kappa shape index (κ3) is 5.61. The number of rotatable bonds is 9. The van der Waals surface area contributed by atoms with Crippen molar-refractivity contribution >= 4 is 32.2 Å². The van der Waals surface area contributed by atoms with Gasteiger partial charge < -0.3 is 59.6 Å². The predicted molar refractivity (Wildman–Crippen MR) is 115 cm³/mol. The van der Waals surface area contributed by atoms with Crippen molar-refractivity contribution in [2.75, 3.05) is 24.9 Å². The van der Waals surface area contributed by atoms with Gasteiger partial charge in [0.1, 0.15) is 48.5 Å². The van der Waals surface area contributed by atoms with E-state index >= 15 is 0 Å². The van der Waals surface area contributed by atoms with Gasteiger partial charge in [-0.2, -0.15) is 0 Å². The number of hydrogen-bond donors (Lipinski definition) is 8. The Hall–Kier alpha value is -1.63. The summed E-state index contributed by atoms with van der Waals surface area (Å²) in [4.78, 5) is 31.8. The van der Waals surface area contributed by atoms with Gasteiger partial charge in [0.15, 0.2) is 29.9 Å². The standard InChI is InChI=1S/C16H25N5O13P2/c17-13-8-14(19-3-18-13)21(4-20-8)15-11(24)9(22)6(33-15)1-31-35(27,28)5-36(29,30)32-2-7-10(23)12(25)16(26)34-7/h3-4,6-7,9-12,15-16,22-26H,1-2,5H2,(H,27,28)(H,29,30)(H2,17,18,19)/t6-,7+,9-,10+,11+,12-,15+,16-/m0/s1. The number of nitrogens with zero attached hydrogens (tertiary/aromatic N) is 4. The van der Waals surface area contributed by atoms with E-state index in [9.17, 15) is 44.4 Å². The molecule has 2 aliphatic heterocycles. The topological polar surface area (TPSA) is 282 Å². The molecule has 0 unspecified atom stereocenters. The smallest absolute Gasteiger partial charge is 0.340 e. The maximum Gasteiger partial charge on any atom is 0.340 e. The summed E-state index contributed by atoms with van der Waals surface area (Å²) in [6.07, 6.45) is -9.62. The van der Waals surface area contributed by atoms with E-state index in [0.29, 0.717) is 0 Å². The van der Waals surface area contributed by atoms with Gasteiger partial charge in [0.05, 0.1) is 19.5 Å². The summed E-state index contributed by atoms with van der Waals surface area (Å²) in [7, 11) is -9.60. The van der Waals surface area contributed by atoms with Gasteiger partial charge in [-0.1, -0.05) is 0 Å². The molecule has 2 aliphatic rings. The molecule has 0 amide bonds. The molecule has 20 heteroatoms. The van der Waals surface area contributed by atoms with Gasteiger partial charge in [-0.3, -0.25) is 13.7 Å². The Morgan fingerprint density at radius 2 is 1.47 bits per heavy atom. The highest BCUT2D eigenvalue weighted by Gasteiger charge is 2.47. The second kappa shape index (κ2) is 10.3. The van der Waals surface area contributed by atoms with Crippen molar-refractivity contribution in [1.82, 2.24) is 19.5 Å². The zero-order chi connectivity index (χ0) is 26.4. The van der Waals surface area contributed by atoms with Crippen LogP contribution in [-0.2, 0) is 27.7 Å². The second-order valence-corrected chi connectivity index (χ2v) is 12.4. The minimum Gasteiger partial charge on any atom is -0.387 e. The van der Waals surface area contributed by atoms with E-state index in [2.05, 4.69) is 19.5 Å². The number of imidazole rings is 1. The first-order valence-electron chi connectivity index (χ1n) is 10.4. The van der Waals surface area contributed by atoms with Crippen molar-refractivity contribution in [1.29, 1.82) is 0 Å². The lowest BCUT2D eigenvalue weighted by molar-refractivity contribution is -0.131. The molecule has 0 aromatic carbocycles. The quantitative estimate of drug-likeness (QED) is 0.141. The highest BCUT2D eigenvalue weighted by atomic mass is 31.2. The first-order valence-corrected chi connectivity index (χ1v) is 13.9. The lowest BCUT2D eigenvalue weighted by Crippen LogP contribution is -2.34. The molecule has 4 rings (SSSR count). The van der Waals surface area contributed by atoms with Crippen LogP contribution in [0.25, 0.3) is 11.2 Å². The minimum atomic E-state index is -4.81. The van der Waals surface area contributed by atoms with Crippen LogP contribution in [0.3, 0.4) is 0 Å². The predicted octanol–water partition coefficient (Wildman–Crippen LogP) is -3.17. The summed E-state index contributed by atoms with van der Waals surface area (Å²) in [5.74, 6) is -1.30. The summed E-state index contributed by atoms with van der Waals surface area (Å²) < 4.78 is 45.7. The molecule has 0 aliphatic carbocycles. The average Bonchev–Trinajstić information content (AvgIpc) is 3.42. The van der Waals surface area contributed by atoms with Crippen molar-refractivity contribution in [3.05, 3.63) is 12.7 Å². The number of ether oxygens (including phenoxy) is 2. The first-order chi connectivity index (χ1) is 16.8. The first kappa shape index (κ1) is 27.4. The summed E-state index contributed by atoms with van der Waals surface area (Å²) >= 11 is 0. The number of fused-ring (bicyclic) bond motifs is 1. The summed E-state index contributed by atoms with van der Waals surface area (Å²) in [6.45, 7) is -1.54. The number of aromatic nitrogens is 4. The van der Waals surface area contributed by atoms with Crippen LogP contribution in [0.1, 0.15) is 6.23 Å². The number of aliphatic hydroxyl groups is 5. The number of nitrogen functional groups attached to an aromatic ring is 1. The number of anilines is 1. The Balaban J connectivity index is 1.34. The lowest BCUT2D eigenvalue weighted by Gasteiger charge is -2.21. The molecule has 18 nitrogen and oxygen atoms in total. The molecule has 2 fully saturated rings. The molecule has 2 saturated heterocycles. The van der Waals surface area contributed by atoms with Crippen LogP contribution >= 0.6 is 15.2 Å². The fraction of sp³-hybridized carbons (Fsp3) is 0.688. The highest BCUT2D eigenvalue weighted by Crippen LogP contribution is 2.58. The van der Waals surface area contributed by atoms with Gasteiger partial charge in [0.25, 0.3) is 0 Å². The van der Waals surface area contributed by atoms with E-state index in [1.807, 2.05) is 0 Å². The van der Waals surface area contributed by atoms with E-state index in [-0.39, 0.29) is 17.0 Å². The maximum atomic E-state index is 12.4. The van der Waals surface area contributed by atoms with Gasteiger partial charge in [-0.25, -0.2) is 15.0 Å². The monoisotopic (exact) mass is 557 g/mol. The zero-order valence-electron chi connectivity index (χ0n) is 18.2. The number of aliphatic hydroxyl groups excluding tert-OH is 5. The van der Waals surface area contributed by atoms with E-state index in [1.54, 1.807) is 0 Å². The summed E-state index contributed by atoms with van der Waals surface area (Å²) in [5.41, 5.74) is 6.15. The molecule has 0 bridgehead atoms. The molecule has 0 radical (unpaired) electrons. The maximum absolute atomic E-state index is 12.4. The SMILES string of the molecule is Nc1ncnc2c1ncn2[C@@H]1O[C@@H](CO[P@](=O)(O)C[P@@](=O)(O)OC[C@H]2O[C@H](O)[C@@H](O)[C@@H]2O)[C@H](O)[C@H]1O. The molecule has 202 valence electrons. The van der Waals surface area contributed by atoms with Crippen molar-refractivity contribution in [2.45, 2.75) is 49.1 Å². The van der Waals surface area contributed by atoms with E-state index in [4.69, 9.17) is 19.7 Å². The molecule has 36 heavy (non-hydrogen) atoms. The van der Waals surface area contributed by atoms with Gasteiger partial charge in [-0.15, -0.1) is 0 Å². The van der Waals surface area contributed by atoms with Crippen LogP contribution in [0, 0.1) is 0 Å². The van der Waals surface area contributed by atoms with Crippen LogP contribution in [0.5, 0.6) is 0 Å². The summed E-state index contributed by atoms with van der Waals surface area (Å²) in [5, 5.41) is 49.2. The van der Waals surface area contributed by atoms with Crippen LogP contribution in [-0.4, -0.2) is 117 Å². The van der Waals surface area contributed by atoms with Crippen molar-refractivity contribution in [3.8, 4) is 0 Å². The molecule has 4 heterocycles. The molecule has 2 aromatic heterocycles. The lowest BCUT2D eigenvalue weighted by atomic mass is 10.1. The van der Waals surface area contributed by atoms with Crippen LogP contribution in [0.4, 0.5) is 5.82 Å². The second-order valence-electron chi connectivity index (χ2n) is 8.18. The Kier molecular flexibility index (Phi) is 7.81. The van der Waals surface area contributed by atoms with Gasteiger partial charge in [0, 0.05) is 0 Å². The van der Waals surface area contributed by atoms with E-state index < -0.39 is 83.5 Å². The Bertz CT molecular complexity index is 1180. The Morgan fingerprint density at radius 1 is 0.889 bits per heavy atom. The Morgan fingerprint density at radius 3 is 2.06 bits per heavy atom. The third-order valence-corrected chi connectivity index (χ3v) is 9.54. The fourth-order valence-electron chi connectivity index (χ4n) is 3.71. The normalized spacial score (nSPS) is 36.2. The molecular formula is C16H25N5O13P2. The Labute approximate surface area is 201 Å². The summed E-state index contributed by atoms with van der Waals surface area (Å²) in [6, 6.07) is 0. The van der Waals surface area contributed by atoms with Gasteiger partial charge >= 0.3 is 15.2 Å². The van der Waals surface area contributed by atoms with Gasteiger partial charge in [-0.05, 0) is 0 Å². The van der Waals surface area contributed by atoms with Crippen LogP contribution in [0.2, 0.25) is 0 Å². The number of nitrogens with two attached hydrogens (primary N) is 1. The van der Waals surface area contributed by atoms with Crippen molar-refractivity contribution in [3.63, 3.8) is 0 Å². The molecule has 9 N–H and O–H groups in total. The van der Waals surface area contributed by atoms with E-state index in [1.165, 1.54) is 10.9 Å². The van der Waals surface area contributed by atoms with E-state index in [0.717, 1.165) is 6.33 Å². The molecule has 10 atom stereocenters. The molecule has 0 spiro atoms. The largest absolute Gasteiger partial charge is 0.387 e. The fourth-order valence-corrected chi connectivity index (χ4v) is 6.93. The molecule has 2 aromatic rings. The van der Waals surface area contributed by atoms with Crippen LogP contribution in [0.15, 0.2) is 12.7 Å². The molecular weight excluding hydrogens is 532 g/mol. The zero-order valence-corrected chi connectivity index (χ0v) is 20.0.